The third-order valence-electron chi connectivity index (χ3n) is 2.64. The Balaban J connectivity index is 0.00000256. The number of hydrogen-bond acceptors (Lipinski definition) is 2. The highest BCUT2D eigenvalue weighted by molar-refractivity contribution is 6.42. The van der Waals surface area contributed by atoms with Crippen LogP contribution in [0.3, 0.4) is 0 Å². The predicted octanol–water partition coefficient (Wildman–Crippen LogP) is 3.57. The molecule has 0 aromatic heterocycles. The number of aliphatic hydroxyl groups excluding tert-OH is 1. The van der Waals surface area contributed by atoms with Crippen molar-refractivity contribution in [2.45, 2.75) is 19.9 Å². The molecule has 98 valence electrons. The number of rotatable bonds is 3. The van der Waals surface area contributed by atoms with Gasteiger partial charge in [0.15, 0.2) is 0 Å². The van der Waals surface area contributed by atoms with Gasteiger partial charge in [-0.1, -0.05) is 37.0 Å². The van der Waals surface area contributed by atoms with Gasteiger partial charge in [0.2, 0.25) is 0 Å². The van der Waals surface area contributed by atoms with Gasteiger partial charge >= 0.3 is 0 Å². The Kier molecular flexibility index (Phi) is 6.19. The maximum Gasteiger partial charge on any atom is 0.129 e. The van der Waals surface area contributed by atoms with Crippen molar-refractivity contribution in [1.82, 2.24) is 0 Å². The van der Waals surface area contributed by atoms with E-state index in [4.69, 9.17) is 28.9 Å². The molecule has 1 aromatic carbocycles. The van der Waals surface area contributed by atoms with Gasteiger partial charge in [-0.3, -0.25) is 0 Å². The molecule has 0 amide bonds. The first-order valence-electron chi connectivity index (χ1n) is 4.81. The lowest BCUT2D eigenvalue weighted by molar-refractivity contribution is 0.131. The van der Waals surface area contributed by atoms with Gasteiger partial charge < -0.3 is 10.8 Å². The number of nitrogens with two attached hydrogens (primary N) is 1. The molecule has 0 spiro atoms. The Labute approximate surface area is 116 Å². The molecule has 0 aliphatic carbocycles. The van der Waals surface area contributed by atoms with Gasteiger partial charge in [-0.2, -0.15) is 0 Å². The highest BCUT2D eigenvalue weighted by Gasteiger charge is 2.31. The minimum atomic E-state index is -0.719. The summed E-state index contributed by atoms with van der Waals surface area (Å²) in [6.45, 7) is 3.29. The lowest BCUT2D eigenvalue weighted by atomic mass is 9.81. The Morgan fingerprint density at radius 1 is 1.41 bits per heavy atom. The molecule has 2 nitrogen and oxygen atoms in total. The molecular formula is C11H15Cl3FNO. The smallest absolute Gasteiger partial charge is 0.129 e. The molecule has 0 saturated carbocycles. The first kappa shape index (κ1) is 16.9. The fourth-order valence-corrected chi connectivity index (χ4v) is 1.75. The summed E-state index contributed by atoms with van der Waals surface area (Å²) in [5.41, 5.74) is 5.39. The molecule has 0 aliphatic heterocycles. The van der Waals surface area contributed by atoms with Crippen LogP contribution in [0, 0.1) is 11.2 Å². The highest BCUT2D eigenvalue weighted by Crippen LogP contribution is 2.38. The summed E-state index contributed by atoms with van der Waals surface area (Å²) in [4.78, 5) is 0. The monoisotopic (exact) mass is 301 g/mol. The second-order valence-electron chi connectivity index (χ2n) is 4.38. The molecular weight excluding hydrogens is 287 g/mol. The molecule has 0 unspecified atom stereocenters. The molecule has 0 saturated heterocycles. The van der Waals surface area contributed by atoms with E-state index >= 15 is 0 Å². The first-order valence-corrected chi connectivity index (χ1v) is 5.56. The predicted molar refractivity (Wildman–Crippen MR) is 71.5 cm³/mol. The second-order valence-corrected chi connectivity index (χ2v) is 5.17. The Morgan fingerprint density at radius 2 is 1.94 bits per heavy atom. The van der Waals surface area contributed by atoms with Gasteiger partial charge in [0.1, 0.15) is 5.82 Å². The minimum absolute atomic E-state index is 0. The van der Waals surface area contributed by atoms with E-state index in [1.54, 1.807) is 13.8 Å². The SMILES string of the molecule is CC(C)(CO)[C@H](N)c1c(F)ccc(Cl)c1Cl.Cl. The van der Waals surface area contributed by atoms with Crippen molar-refractivity contribution in [3.8, 4) is 0 Å². The maximum atomic E-state index is 13.6. The van der Waals surface area contributed by atoms with Gasteiger partial charge in [0, 0.05) is 23.6 Å². The van der Waals surface area contributed by atoms with Crippen molar-refractivity contribution in [1.29, 1.82) is 0 Å². The van der Waals surface area contributed by atoms with Crippen molar-refractivity contribution in [2.75, 3.05) is 6.61 Å². The zero-order valence-electron chi connectivity index (χ0n) is 9.51. The number of aliphatic hydroxyl groups is 1. The van der Waals surface area contributed by atoms with Crippen LogP contribution in [0.5, 0.6) is 0 Å². The van der Waals surface area contributed by atoms with Crippen molar-refractivity contribution in [3.63, 3.8) is 0 Å². The molecule has 1 atom stereocenters. The summed E-state index contributed by atoms with van der Waals surface area (Å²) in [6.07, 6.45) is 0. The maximum absolute atomic E-state index is 13.6. The molecule has 0 heterocycles. The molecule has 0 radical (unpaired) electrons. The molecule has 3 N–H and O–H groups in total. The molecule has 6 heteroatoms. The lowest BCUT2D eigenvalue weighted by Crippen LogP contribution is -2.33. The number of hydrogen-bond donors (Lipinski definition) is 2. The average Bonchev–Trinajstić information content (AvgIpc) is 2.24. The quantitative estimate of drug-likeness (QED) is 0.838. The zero-order chi connectivity index (χ0) is 12.5. The second kappa shape index (κ2) is 6.21. The van der Waals surface area contributed by atoms with Crippen LogP contribution in [0.15, 0.2) is 12.1 Å². The molecule has 0 fully saturated rings. The van der Waals surface area contributed by atoms with Crippen molar-refractivity contribution in [2.24, 2.45) is 11.1 Å². The van der Waals surface area contributed by atoms with Gasteiger partial charge in [0.25, 0.3) is 0 Å². The van der Waals surface area contributed by atoms with E-state index in [1.807, 2.05) is 0 Å². The summed E-state index contributed by atoms with van der Waals surface area (Å²) in [6, 6.07) is 1.88. The van der Waals surface area contributed by atoms with Crippen molar-refractivity contribution >= 4 is 35.6 Å². The topological polar surface area (TPSA) is 46.2 Å². The van der Waals surface area contributed by atoms with Crippen LogP contribution in [-0.2, 0) is 0 Å². The third-order valence-corrected chi connectivity index (χ3v) is 3.46. The first-order chi connectivity index (χ1) is 7.31. The minimum Gasteiger partial charge on any atom is -0.396 e. The van der Waals surface area contributed by atoms with Crippen LogP contribution < -0.4 is 5.73 Å². The summed E-state index contributed by atoms with van der Waals surface area (Å²) in [5.74, 6) is -0.511. The van der Waals surface area contributed by atoms with E-state index in [2.05, 4.69) is 0 Å². The van der Waals surface area contributed by atoms with E-state index in [0.29, 0.717) is 0 Å². The Morgan fingerprint density at radius 3 is 2.41 bits per heavy atom. The van der Waals surface area contributed by atoms with Crippen LogP contribution in [0.4, 0.5) is 4.39 Å². The normalized spacial score (nSPS) is 13.1. The molecule has 1 aromatic rings. The lowest BCUT2D eigenvalue weighted by Gasteiger charge is -2.30. The zero-order valence-corrected chi connectivity index (χ0v) is 11.8. The highest BCUT2D eigenvalue weighted by atomic mass is 35.5. The van der Waals surface area contributed by atoms with Gasteiger partial charge in [-0.15, -0.1) is 12.4 Å². The standard InChI is InChI=1S/C11H14Cl2FNO.ClH/c1-11(2,5-16)10(15)8-7(14)4-3-6(12)9(8)13;/h3-4,10,16H,5,15H2,1-2H3;1H/t10-;/m1./s1. The van der Waals surface area contributed by atoms with Crippen LogP contribution in [0.2, 0.25) is 10.0 Å². The fourth-order valence-electron chi connectivity index (χ4n) is 1.32. The van der Waals surface area contributed by atoms with Crippen molar-refractivity contribution in [3.05, 3.63) is 33.6 Å². The molecule has 0 bridgehead atoms. The Hall–Kier alpha value is -0.0600. The summed E-state index contributed by atoms with van der Waals surface area (Å²) >= 11 is 11.7. The fraction of sp³-hybridized carbons (Fsp3) is 0.455. The summed E-state index contributed by atoms with van der Waals surface area (Å²) in [5, 5.41) is 9.56. The molecule has 0 aliphatic rings. The number of halogens is 4. The van der Waals surface area contributed by atoms with Gasteiger partial charge in [-0.25, -0.2) is 4.39 Å². The van der Waals surface area contributed by atoms with Crippen LogP contribution in [0.1, 0.15) is 25.5 Å². The van der Waals surface area contributed by atoms with E-state index in [-0.39, 0.29) is 34.6 Å². The van der Waals surface area contributed by atoms with E-state index < -0.39 is 17.3 Å². The van der Waals surface area contributed by atoms with E-state index in [9.17, 15) is 9.50 Å². The third kappa shape index (κ3) is 3.46. The Bertz CT molecular complexity index is 399. The average molecular weight is 303 g/mol. The van der Waals surface area contributed by atoms with Crippen LogP contribution >= 0.6 is 35.6 Å². The largest absolute Gasteiger partial charge is 0.396 e. The van der Waals surface area contributed by atoms with E-state index in [1.165, 1.54) is 12.1 Å². The van der Waals surface area contributed by atoms with Crippen LogP contribution in [0.25, 0.3) is 0 Å². The van der Waals surface area contributed by atoms with Gasteiger partial charge in [-0.05, 0) is 12.1 Å². The van der Waals surface area contributed by atoms with E-state index in [0.717, 1.165) is 0 Å². The number of benzene rings is 1. The van der Waals surface area contributed by atoms with Crippen molar-refractivity contribution < 1.29 is 9.50 Å². The molecule has 17 heavy (non-hydrogen) atoms. The summed E-state index contributed by atoms with van der Waals surface area (Å²) in [7, 11) is 0. The summed E-state index contributed by atoms with van der Waals surface area (Å²) < 4.78 is 13.6. The molecule has 1 rings (SSSR count). The van der Waals surface area contributed by atoms with Gasteiger partial charge in [0.05, 0.1) is 10.0 Å². The van der Waals surface area contributed by atoms with Crippen LogP contribution in [-0.4, -0.2) is 11.7 Å².